The first-order chi connectivity index (χ1) is 7.07. The lowest BCUT2D eigenvalue weighted by atomic mass is 10.5. The minimum Gasteiger partial charge on any atom is -0.463 e. The molecular weight excluding hydrogens is 204 g/mol. The molecule has 0 saturated carbocycles. The molecule has 0 amide bonds. The third kappa shape index (κ3) is 3.49. The maximum atomic E-state index is 11.7. The van der Waals surface area contributed by atoms with Crippen LogP contribution >= 0.6 is 0 Å². The SMILES string of the molecule is C=C(C(=O)OCCC)[Si](CC)(CC)CC. The van der Waals surface area contributed by atoms with Crippen molar-refractivity contribution in [2.75, 3.05) is 6.61 Å². The van der Waals surface area contributed by atoms with Crippen LogP contribution in [0.3, 0.4) is 0 Å². The quantitative estimate of drug-likeness (QED) is 0.378. The average Bonchev–Trinajstić information content (AvgIpc) is 2.28. The van der Waals surface area contributed by atoms with E-state index in [1.807, 2.05) is 6.92 Å². The molecule has 0 bridgehead atoms. The van der Waals surface area contributed by atoms with Crippen LogP contribution in [-0.4, -0.2) is 20.7 Å². The normalized spacial score (nSPS) is 11.2. The van der Waals surface area contributed by atoms with Gasteiger partial charge >= 0.3 is 5.97 Å². The zero-order chi connectivity index (χ0) is 11.9. The summed E-state index contributed by atoms with van der Waals surface area (Å²) in [5.74, 6) is -0.158. The van der Waals surface area contributed by atoms with Gasteiger partial charge in [-0.05, 0) is 6.42 Å². The fraction of sp³-hybridized carbons (Fsp3) is 0.750. The summed E-state index contributed by atoms with van der Waals surface area (Å²) in [5.41, 5.74) is 0. The summed E-state index contributed by atoms with van der Waals surface area (Å²) in [6.07, 6.45) is 0.873. The van der Waals surface area contributed by atoms with Gasteiger partial charge in [0.25, 0.3) is 0 Å². The van der Waals surface area contributed by atoms with Gasteiger partial charge in [0.05, 0.1) is 14.7 Å². The van der Waals surface area contributed by atoms with Crippen molar-refractivity contribution in [3.8, 4) is 0 Å². The highest BCUT2D eigenvalue weighted by Gasteiger charge is 2.34. The first-order valence-corrected chi connectivity index (χ1v) is 8.56. The second kappa shape index (κ2) is 6.83. The van der Waals surface area contributed by atoms with Crippen molar-refractivity contribution in [1.82, 2.24) is 0 Å². The van der Waals surface area contributed by atoms with Crippen molar-refractivity contribution in [3.05, 3.63) is 11.8 Å². The van der Waals surface area contributed by atoms with E-state index in [0.717, 1.165) is 29.7 Å². The predicted molar refractivity (Wildman–Crippen MR) is 67.6 cm³/mol. The smallest absolute Gasteiger partial charge is 0.329 e. The van der Waals surface area contributed by atoms with E-state index in [2.05, 4.69) is 27.4 Å². The molecule has 0 rings (SSSR count). The van der Waals surface area contributed by atoms with E-state index in [-0.39, 0.29) is 5.97 Å². The molecule has 0 saturated heterocycles. The van der Waals surface area contributed by atoms with Crippen molar-refractivity contribution in [2.45, 2.75) is 52.2 Å². The van der Waals surface area contributed by atoms with Gasteiger partial charge in [-0.1, -0.05) is 52.4 Å². The highest BCUT2D eigenvalue weighted by atomic mass is 28.3. The molecule has 0 unspecified atom stereocenters. The van der Waals surface area contributed by atoms with Gasteiger partial charge in [-0.25, -0.2) is 4.79 Å². The second-order valence-corrected chi connectivity index (χ2v) is 9.24. The van der Waals surface area contributed by atoms with Crippen LogP contribution in [0.15, 0.2) is 11.8 Å². The van der Waals surface area contributed by atoms with Crippen molar-refractivity contribution >= 4 is 14.0 Å². The van der Waals surface area contributed by atoms with E-state index in [1.165, 1.54) is 0 Å². The number of carbonyl (C=O) groups excluding carboxylic acids is 1. The fourth-order valence-corrected chi connectivity index (χ4v) is 5.17. The van der Waals surface area contributed by atoms with Crippen molar-refractivity contribution in [2.24, 2.45) is 0 Å². The van der Waals surface area contributed by atoms with Crippen LogP contribution in [0.4, 0.5) is 0 Å². The number of hydrogen-bond donors (Lipinski definition) is 0. The summed E-state index contributed by atoms with van der Waals surface area (Å²) >= 11 is 0. The molecule has 0 radical (unpaired) electrons. The van der Waals surface area contributed by atoms with Crippen LogP contribution in [0, 0.1) is 0 Å². The van der Waals surface area contributed by atoms with Gasteiger partial charge in [-0.2, -0.15) is 0 Å². The van der Waals surface area contributed by atoms with E-state index in [9.17, 15) is 4.79 Å². The first kappa shape index (κ1) is 14.4. The molecule has 0 atom stereocenters. The van der Waals surface area contributed by atoms with Crippen LogP contribution in [0.5, 0.6) is 0 Å². The largest absolute Gasteiger partial charge is 0.463 e. The average molecular weight is 228 g/mol. The fourth-order valence-electron chi connectivity index (χ4n) is 1.89. The molecule has 0 aliphatic rings. The van der Waals surface area contributed by atoms with Crippen LogP contribution in [0.2, 0.25) is 18.1 Å². The predicted octanol–water partition coefficient (Wildman–Crippen LogP) is 3.54. The van der Waals surface area contributed by atoms with Gasteiger partial charge in [0.2, 0.25) is 0 Å². The molecule has 0 spiro atoms. The number of rotatable bonds is 7. The van der Waals surface area contributed by atoms with Crippen molar-refractivity contribution in [1.29, 1.82) is 0 Å². The molecule has 2 nitrogen and oxygen atoms in total. The molecule has 15 heavy (non-hydrogen) atoms. The third-order valence-electron chi connectivity index (χ3n) is 3.35. The molecule has 88 valence electrons. The van der Waals surface area contributed by atoms with E-state index in [4.69, 9.17) is 4.74 Å². The lowest BCUT2D eigenvalue weighted by Crippen LogP contribution is -2.38. The molecule has 0 fully saturated rings. The Hall–Kier alpha value is -0.573. The summed E-state index contributed by atoms with van der Waals surface area (Å²) in [7, 11) is -1.60. The Morgan fingerprint density at radius 1 is 1.13 bits per heavy atom. The minimum atomic E-state index is -1.60. The molecule has 0 aromatic rings. The Morgan fingerprint density at radius 3 is 1.93 bits per heavy atom. The maximum Gasteiger partial charge on any atom is 0.329 e. The van der Waals surface area contributed by atoms with Gasteiger partial charge in [-0.15, -0.1) is 0 Å². The van der Waals surface area contributed by atoms with Gasteiger partial charge in [0.1, 0.15) is 0 Å². The summed E-state index contributed by atoms with van der Waals surface area (Å²) < 4.78 is 5.16. The topological polar surface area (TPSA) is 26.3 Å². The monoisotopic (exact) mass is 228 g/mol. The maximum absolute atomic E-state index is 11.7. The molecule has 0 aliphatic carbocycles. The summed E-state index contributed by atoms with van der Waals surface area (Å²) in [6, 6.07) is 3.25. The van der Waals surface area contributed by atoms with E-state index >= 15 is 0 Å². The Morgan fingerprint density at radius 2 is 1.60 bits per heavy atom. The second-order valence-electron chi connectivity index (χ2n) is 3.96. The Labute approximate surface area is 94.7 Å². The molecule has 3 heteroatoms. The lowest BCUT2D eigenvalue weighted by molar-refractivity contribution is -0.138. The Bertz CT molecular complexity index is 211. The third-order valence-corrected chi connectivity index (χ3v) is 8.90. The Balaban J connectivity index is 4.56. The van der Waals surface area contributed by atoms with Crippen LogP contribution in [0.25, 0.3) is 0 Å². The van der Waals surface area contributed by atoms with E-state index < -0.39 is 8.07 Å². The zero-order valence-corrected chi connectivity index (χ0v) is 11.6. The standard InChI is InChI=1S/C12H24O2Si/c1-6-10-14-12(13)11(5)15(7-2,8-3)9-4/h5-10H2,1-4H3. The molecule has 0 aromatic heterocycles. The number of ether oxygens (including phenoxy) is 1. The minimum absolute atomic E-state index is 0.158. The zero-order valence-electron chi connectivity index (χ0n) is 10.6. The van der Waals surface area contributed by atoms with Crippen LogP contribution in [-0.2, 0) is 9.53 Å². The molecule has 0 N–H and O–H groups in total. The molecule has 0 aliphatic heterocycles. The van der Waals surface area contributed by atoms with Gasteiger partial charge < -0.3 is 4.74 Å². The number of esters is 1. The summed E-state index contributed by atoms with van der Waals surface area (Å²) in [4.78, 5) is 11.7. The van der Waals surface area contributed by atoms with Crippen LogP contribution in [0.1, 0.15) is 34.1 Å². The van der Waals surface area contributed by atoms with Crippen molar-refractivity contribution < 1.29 is 9.53 Å². The highest BCUT2D eigenvalue weighted by molar-refractivity contribution is 6.89. The lowest BCUT2D eigenvalue weighted by Gasteiger charge is -2.28. The summed E-state index contributed by atoms with van der Waals surface area (Å²) in [5, 5.41) is 0.781. The molecule has 0 heterocycles. The summed E-state index contributed by atoms with van der Waals surface area (Å²) in [6.45, 7) is 13.0. The van der Waals surface area contributed by atoms with Gasteiger partial charge in [0, 0.05) is 5.20 Å². The number of hydrogen-bond acceptors (Lipinski definition) is 2. The first-order valence-electron chi connectivity index (χ1n) is 5.94. The number of carbonyl (C=O) groups is 1. The molecule has 0 aromatic carbocycles. The molecular formula is C12H24O2Si. The Kier molecular flexibility index (Phi) is 6.57. The van der Waals surface area contributed by atoms with Crippen molar-refractivity contribution in [3.63, 3.8) is 0 Å². The van der Waals surface area contributed by atoms with E-state index in [0.29, 0.717) is 6.61 Å². The van der Waals surface area contributed by atoms with Gasteiger partial charge in [0.15, 0.2) is 0 Å². The van der Waals surface area contributed by atoms with E-state index in [1.54, 1.807) is 0 Å². The van der Waals surface area contributed by atoms with Gasteiger partial charge in [-0.3, -0.25) is 0 Å². The highest BCUT2D eigenvalue weighted by Crippen LogP contribution is 2.28. The van der Waals surface area contributed by atoms with Crippen LogP contribution < -0.4 is 0 Å².